The molecule has 0 aliphatic rings. The number of phenols is 1. The largest absolute Gasteiger partial charge is 0.508 e. The molecular weight excluding hydrogens is 238 g/mol. The second-order valence-corrected chi connectivity index (χ2v) is 4.39. The summed E-state index contributed by atoms with van der Waals surface area (Å²) in [6.45, 7) is 3.55. The fourth-order valence-corrected chi connectivity index (χ4v) is 1.96. The molecule has 0 spiro atoms. The van der Waals surface area contributed by atoms with E-state index in [1.807, 2.05) is 6.92 Å². The summed E-state index contributed by atoms with van der Waals surface area (Å²) < 4.78 is 3.71. The second-order valence-electron chi connectivity index (χ2n) is 3.64. The van der Waals surface area contributed by atoms with Crippen molar-refractivity contribution in [2.45, 2.75) is 13.8 Å². The number of anilines is 1. The molecule has 5 nitrogen and oxygen atoms in total. The Labute approximate surface area is 102 Å². The van der Waals surface area contributed by atoms with E-state index in [9.17, 15) is 9.90 Å². The van der Waals surface area contributed by atoms with E-state index in [2.05, 4.69) is 14.9 Å². The van der Waals surface area contributed by atoms with Gasteiger partial charge in [-0.1, -0.05) is 4.49 Å². The van der Waals surface area contributed by atoms with Gasteiger partial charge in [0.15, 0.2) is 0 Å². The first-order chi connectivity index (χ1) is 8.08. The molecule has 0 bridgehead atoms. The number of aromatic hydroxyl groups is 1. The van der Waals surface area contributed by atoms with Crippen molar-refractivity contribution in [1.29, 1.82) is 0 Å². The van der Waals surface area contributed by atoms with Crippen molar-refractivity contribution in [1.82, 2.24) is 9.59 Å². The minimum absolute atomic E-state index is 0.177. The van der Waals surface area contributed by atoms with Gasteiger partial charge in [-0.05, 0) is 49.1 Å². The first-order valence-electron chi connectivity index (χ1n) is 4.98. The summed E-state index contributed by atoms with van der Waals surface area (Å²) >= 11 is 1.06. The summed E-state index contributed by atoms with van der Waals surface area (Å²) in [7, 11) is 0. The van der Waals surface area contributed by atoms with Gasteiger partial charge in [-0.25, -0.2) is 0 Å². The van der Waals surface area contributed by atoms with Crippen LogP contribution in [0, 0.1) is 13.8 Å². The lowest BCUT2D eigenvalue weighted by molar-refractivity contribution is 0.102. The summed E-state index contributed by atoms with van der Waals surface area (Å²) in [6, 6.07) is 4.78. The maximum Gasteiger partial charge on any atom is 0.269 e. The average Bonchev–Trinajstić information content (AvgIpc) is 2.68. The number of phenolic OH excluding ortho intramolecular Hbond substituents is 1. The Bertz CT molecular complexity index is 566. The molecule has 1 aromatic carbocycles. The van der Waals surface area contributed by atoms with Crippen molar-refractivity contribution in [3.63, 3.8) is 0 Å². The van der Waals surface area contributed by atoms with Crippen LogP contribution in [0.3, 0.4) is 0 Å². The standard InChI is InChI=1S/C11H11N3O2S/c1-6-5-8(15)3-4-9(6)12-11(16)10-7(2)13-14-17-10/h3-5,15H,1-2H3,(H,12,16). The topological polar surface area (TPSA) is 75.1 Å². The monoisotopic (exact) mass is 249 g/mol. The van der Waals surface area contributed by atoms with Crippen LogP contribution in [-0.4, -0.2) is 20.6 Å². The Morgan fingerprint density at radius 1 is 1.41 bits per heavy atom. The van der Waals surface area contributed by atoms with Gasteiger partial charge in [-0.2, -0.15) is 0 Å². The summed E-state index contributed by atoms with van der Waals surface area (Å²) in [5, 5.41) is 15.8. The Morgan fingerprint density at radius 2 is 2.18 bits per heavy atom. The normalized spacial score (nSPS) is 10.2. The molecule has 1 heterocycles. The maximum absolute atomic E-state index is 11.9. The smallest absolute Gasteiger partial charge is 0.269 e. The third-order valence-electron chi connectivity index (χ3n) is 2.32. The number of nitrogens with one attached hydrogen (secondary N) is 1. The zero-order valence-electron chi connectivity index (χ0n) is 9.39. The molecular formula is C11H11N3O2S. The third-order valence-corrected chi connectivity index (χ3v) is 3.14. The van der Waals surface area contributed by atoms with Crippen LogP contribution in [0.25, 0.3) is 0 Å². The minimum Gasteiger partial charge on any atom is -0.508 e. The van der Waals surface area contributed by atoms with Gasteiger partial charge in [0, 0.05) is 5.69 Å². The number of carbonyl (C=O) groups excluding carboxylic acids is 1. The van der Waals surface area contributed by atoms with Crippen molar-refractivity contribution in [2.75, 3.05) is 5.32 Å². The fraction of sp³-hybridized carbons (Fsp3) is 0.182. The average molecular weight is 249 g/mol. The first-order valence-corrected chi connectivity index (χ1v) is 5.75. The van der Waals surface area contributed by atoms with Gasteiger partial charge in [0.25, 0.3) is 5.91 Å². The SMILES string of the molecule is Cc1cc(O)ccc1NC(=O)c1snnc1C. The Balaban J connectivity index is 2.22. The molecule has 0 saturated heterocycles. The summed E-state index contributed by atoms with van der Waals surface area (Å²) in [5.74, 6) is -0.0533. The molecule has 17 heavy (non-hydrogen) atoms. The van der Waals surface area contributed by atoms with Crippen LogP contribution in [0.1, 0.15) is 20.9 Å². The number of aryl methyl sites for hydroxylation is 2. The highest BCUT2D eigenvalue weighted by atomic mass is 32.1. The van der Waals surface area contributed by atoms with E-state index >= 15 is 0 Å². The van der Waals surface area contributed by atoms with Crippen LogP contribution in [0.4, 0.5) is 5.69 Å². The molecule has 2 N–H and O–H groups in total. The molecule has 0 aliphatic carbocycles. The number of benzene rings is 1. The molecule has 88 valence electrons. The number of rotatable bonds is 2. The van der Waals surface area contributed by atoms with E-state index in [0.29, 0.717) is 16.3 Å². The number of hydrogen-bond acceptors (Lipinski definition) is 5. The highest BCUT2D eigenvalue weighted by molar-refractivity contribution is 7.08. The molecule has 0 radical (unpaired) electrons. The fourth-order valence-electron chi connectivity index (χ4n) is 1.41. The molecule has 1 aromatic heterocycles. The molecule has 0 unspecified atom stereocenters. The molecule has 2 aromatic rings. The predicted molar refractivity (Wildman–Crippen MR) is 65.4 cm³/mol. The van der Waals surface area contributed by atoms with Crippen molar-refractivity contribution in [3.8, 4) is 5.75 Å². The van der Waals surface area contributed by atoms with Crippen LogP contribution >= 0.6 is 11.5 Å². The molecule has 2 rings (SSSR count). The van der Waals surface area contributed by atoms with Gasteiger partial charge in [-0.15, -0.1) is 5.10 Å². The van der Waals surface area contributed by atoms with Gasteiger partial charge in [-0.3, -0.25) is 4.79 Å². The second kappa shape index (κ2) is 4.50. The third kappa shape index (κ3) is 2.42. The van der Waals surface area contributed by atoms with Crippen molar-refractivity contribution < 1.29 is 9.90 Å². The molecule has 0 atom stereocenters. The van der Waals surface area contributed by atoms with E-state index in [0.717, 1.165) is 17.1 Å². The van der Waals surface area contributed by atoms with Crippen LogP contribution in [-0.2, 0) is 0 Å². The van der Waals surface area contributed by atoms with Gasteiger partial charge in [0.05, 0.1) is 5.69 Å². The quantitative estimate of drug-likeness (QED) is 0.799. The summed E-state index contributed by atoms with van der Waals surface area (Å²) in [5.41, 5.74) is 2.08. The maximum atomic E-state index is 11.9. The molecule has 0 saturated carbocycles. The lowest BCUT2D eigenvalue weighted by Gasteiger charge is -2.07. The van der Waals surface area contributed by atoms with Crippen molar-refractivity contribution >= 4 is 23.1 Å². The Kier molecular flexibility index (Phi) is 3.06. The van der Waals surface area contributed by atoms with E-state index in [1.165, 1.54) is 6.07 Å². The van der Waals surface area contributed by atoms with E-state index in [1.54, 1.807) is 19.1 Å². The predicted octanol–water partition coefficient (Wildman–Crippen LogP) is 2.11. The molecule has 0 fully saturated rings. The number of hydrogen-bond donors (Lipinski definition) is 2. The van der Waals surface area contributed by atoms with Gasteiger partial charge in [0.1, 0.15) is 10.6 Å². The lowest BCUT2D eigenvalue weighted by Crippen LogP contribution is -2.12. The highest BCUT2D eigenvalue weighted by Crippen LogP contribution is 2.21. The minimum atomic E-state index is -0.230. The Morgan fingerprint density at radius 3 is 2.76 bits per heavy atom. The number of nitrogens with zero attached hydrogens (tertiary/aromatic N) is 2. The highest BCUT2D eigenvalue weighted by Gasteiger charge is 2.14. The number of amides is 1. The summed E-state index contributed by atoms with van der Waals surface area (Å²) in [6.07, 6.45) is 0. The zero-order valence-corrected chi connectivity index (χ0v) is 10.2. The van der Waals surface area contributed by atoms with Crippen LogP contribution in [0.15, 0.2) is 18.2 Å². The molecule has 0 aliphatic heterocycles. The van der Waals surface area contributed by atoms with E-state index in [4.69, 9.17) is 0 Å². The van der Waals surface area contributed by atoms with Crippen LogP contribution < -0.4 is 5.32 Å². The van der Waals surface area contributed by atoms with Crippen LogP contribution in [0.5, 0.6) is 5.75 Å². The number of carbonyl (C=O) groups is 1. The van der Waals surface area contributed by atoms with Crippen molar-refractivity contribution in [3.05, 3.63) is 34.3 Å². The van der Waals surface area contributed by atoms with Gasteiger partial charge >= 0.3 is 0 Å². The molecule has 1 amide bonds. The van der Waals surface area contributed by atoms with Crippen LogP contribution in [0.2, 0.25) is 0 Å². The summed E-state index contributed by atoms with van der Waals surface area (Å²) in [4.78, 5) is 12.4. The van der Waals surface area contributed by atoms with Gasteiger partial charge < -0.3 is 10.4 Å². The zero-order chi connectivity index (χ0) is 12.4. The molecule has 6 heteroatoms. The first kappa shape index (κ1) is 11.5. The van der Waals surface area contributed by atoms with E-state index in [-0.39, 0.29) is 11.7 Å². The number of aromatic nitrogens is 2. The van der Waals surface area contributed by atoms with E-state index < -0.39 is 0 Å². The lowest BCUT2D eigenvalue weighted by atomic mass is 10.2. The van der Waals surface area contributed by atoms with Crippen molar-refractivity contribution in [2.24, 2.45) is 0 Å². The van der Waals surface area contributed by atoms with Gasteiger partial charge in [0.2, 0.25) is 0 Å². The Hall–Kier alpha value is -1.95.